The van der Waals surface area contributed by atoms with Crippen molar-refractivity contribution in [1.29, 1.82) is 0 Å². The predicted octanol–water partition coefficient (Wildman–Crippen LogP) is 1.28. The molecule has 1 aromatic carbocycles. The summed E-state index contributed by atoms with van der Waals surface area (Å²) in [6.07, 6.45) is 0.878. The normalized spacial score (nSPS) is 23.0. The number of carbonyl (C=O) groups excluding carboxylic acids is 1. The number of hydrogen-bond donors (Lipinski definition) is 3. The molecule has 0 aliphatic carbocycles. The van der Waals surface area contributed by atoms with Crippen LogP contribution in [-0.2, 0) is 9.53 Å². The minimum atomic E-state index is -0.832. The van der Waals surface area contributed by atoms with Crippen LogP contribution in [0.5, 0.6) is 0 Å². The van der Waals surface area contributed by atoms with E-state index in [0.29, 0.717) is 31.9 Å². The van der Waals surface area contributed by atoms with E-state index in [2.05, 4.69) is 10.6 Å². The lowest BCUT2D eigenvalue weighted by atomic mass is 10.0. The summed E-state index contributed by atoms with van der Waals surface area (Å²) in [5, 5.41) is 16.0. The van der Waals surface area contributed by atoms with Gasteiger partial charge < -0.3 is 20.5 Å². The third-order valence-electron chi connectivity index (χ3n) is 3.48. The molecule has 1 aliphatic rings. The van der Waals surface area contributed by atoms with E-state index in [1.165, 1.54) is 24.3 Å². The van der Waals surface area contributed by atoms with Gasteiger partial charge >= 0.3 is 0 Å². The lowest BCUT2D eigenvalue weighted by Gasteiger charge is -2.23. The minimum absolute atomic E-state index is 0.0740. The summed E-state index contributed by atoms with van der Waals surface area (Å²) in [6, 6.07) is 5.56. The quantitative estimate of drug-likeness (QED) is 0.739. The Kier molecular flexibility index (Phi) is 5.27. The van der Waals surface area contributed by atoms with Gasteiger partial charge in [0.2, 0.25) is 5.91 Å². The molecule has 0 aromatic heterocycles. The minimum Gasteiger partial charge on any atom is -0.386 e. The Bertz CT molecular complexity index is 472. The Morgan fingerprint density at radius 3 is 2.81 bits per heavy atom. The number of hydrogen-bond acceptors (Lipinski definition) is 4. The molecule has 1 saturated heterocycles. The average Bonchev–Trinajstić information content (AvgIpc) is 2.87. The summed E-state index contributed by atoms with van der Waals surface area (Å²) in [4.78, 5) is 11.9. The van der Waals surface area contributed by atoms with Crippen LogP contribution in [0.15, 0.2) is 24.3 Å². The van der Waals surface area contributed by atoms with Gasteiger partial charge in [0.15, 0.2) is 0 Å². The zero-order valence-corrected chi connectivity index (χ0v) is 12.1. The standard InChI is InChI=1S/C15H21FN2O3/c1-11(17-9-15(20)6-7-21-10-15)8-14(19)18-13-4-2-12(16)3-5-13/h2-5,11,17,20H,6-10H2,1H3,(H,18,19)/t11-,15+/m1/s1. The number of anilines is 1. The second-order valence-corrected chi connectivity index (χ2v) is 5.57. The Morgan fingerprint density at radius 1 is 1.48 bits per heavy atom. The molecule has 6 heteroatoms. The number of ether oxygens (including phenoxy) is 1. The van der Waals surface area contributed by atoms with Gasteiger partial charge in [-0.2, -0.15) is 0 Å². The molecule has 0 bridgehead atoms. The molecular formula is C15H21FN2O3. The van der Waals surface area contributed by atoms with E-state index >= 15 is 0 Å². The van der Waals surface area contributed by atoms with Gasteiger partial charge in [-0.15, -0.1) is 0 Å². The molecule has 3 N–H and O–H groups in total. The second-order valence-electron chi connectivity index (χ2n) is 5.57. The van der Waals surface area contributed by atoms with E-state index in [-0.39, 0.29) is 24.2 Å². The monoisotopic (exact) mass is 296 g/mol. The van der Waals surface area contributed by atoms with Crippen LogP contribution >= 0.6 is 0 Å². The average molecular weight is 296 g/mol. The SMILES string of the molecule is C[C@H](CC(=O)Nc1ccc(F)cc1)NC[C@@]1(O)CCOC1. The van der Waals surface area contributed by atoms with Gasteiger partial charge in [0, 0.05) is 37.7 Å². The molecule has 0 saturated carbocycles. The van der Waals surface area contributed by atoms with Crippen molar-refractivity contribution in [2.45, 2.75) is 31.4 Å². The van der Waals surface area contributed by atoms with Crippen molar-refractivity contribution in [2.24, 2.45) is 0 Å². The maximum atomic E-state index is 12.8. The van der Waals surface area contributed by atoms with Crippen molar-refractivity contribution in [3.05, 3.63) is 30.1 Å². The molecule has 0 unspecified atom stereocenters. The van der Waals surface area contributed by atoms with Gasteiger partial charge in [-0.25, -0.2) is 4.39 Å². The molecule has 0 spiro atoms. The maximum absolute atomic E-state index is 12.8. The van der Waals surface area contributed by atoms with Crippen molar-refractivity contribution in [1.82, 2.24) is 5.32 Å². The summed E-state index contributed by atoms with van der Waals surface area (Å²) in [5.74, 6) is -0.494. The van der Waals surface area contributed by atoms with Gasteiger partial charge in [0.05, 0.1) is 6.61 Å². The Labute approximate surface area is 123 Å². The first-order valence-corrected chi connectivity index (χ1v) is 7.06. The predicted molar refractivity (Wildman–Crippen MR) is 77.5 cm³/mol. The third kappa shape index (κ3) is 5.08. The van der Waals surface area contributed by atoms with Crippen molar-refractivity contribution >= 4 is 11.6 Å². The summed E-state index contributed by atoms with van der Waals surface area (Å²) in [6.45, 7) is 3.17. The number of benzene rings is 1. The Balaban J connectivity index is 1.72. The van der Waals surface area contributed by atoms with E-state index in [0.717, 1.165) is 0 Å². The van der Waals surface area contributed by atoms with Crippen molar-refractivity contribution < 1.29 is 19.0 Å². The topological polar surface area (TPSA) is 70.6 Å². The molecule has 1 fully saturated rings. The first-order valence-electron chi connectivity index (χ1n) is 7.06. The van der Waals surface area contributed by atoms with Crippen molar-refractivity contribution in [3.8, 4) is 0 Å². The summed E-state index contributed by atoms with van der Waals surface area (Å²) < 4.78 is 17.9. The molecule has 2 rings (SSSR count). The number of aliphatic hydroxyl groups is 1. The zero-order valence-electron chi connectivity index (χ0n) is 12.1. The molecule has 1 heterocycles. The van der Waals surface area contributed by atoms with Gasteiger partial charge in [0.1, 0.15) is 11.4 Å². The number of nitrogens with one attached hydrogen (secondary N) is 2. The molecule has 5 nitrogen and oxygen atoms in total. The molecule has 1 amide bonds. The van der Waals surface area contributed by atoms with Crippen LogP contribution in [0.3, 0.4) is 0 Å². The molecular weight excluding hydrogens is 275 g/mol. The number of halogens is 1. The summed E-state index contributed by atoms with van der Waals surface area (Å²) >= 11 is 0. The van der Waals surface area contributed by atoms with Crippen molar-refractivity contribution in [2.75, 3.05) is 25.1 Å². The summed E-state index contributed by atoms with van der Waals surface area (Å²) in [7, 11) is 0. The Hall–Kier alpha value is -1.50. The van der Waals surface area contributed by atoms with Crippen LogP contribution in [0.25, 0.3) is 0 Å². The van der Waals surface area contributed by atoms with E-state index in [9.17, 15) is 14.3 Å². The molecule has 2 atom stereocenters. The number of carbonyl (C=O) groups is 1. The van der Waals surface area contributed by atoms with E-state index in [1.807, 2.05) is 6.92 Å². The van der Waals surface area contributed by atoms with Gasteiger partial charge in [-0.1, -0.05) is 0 Å². The van der Waals surface area contributed by atoms with E-state index < -0.39 is 5.60 Å². The fourth-order valence-corrected chi connectivity index (χ4v) is 2.20. The van der Waals surface area contributed by atoms with Gasteiger partial charge in [-0.3, -0.25) is 4.79 Å². The molecule has 21 heavy (non-hydrogen) atoms. The highest BCUT2D eigenvalue weighted by atomic mass is 19.1. The Morgan fingerprint density at radius 2 is 2.19 bits per heavy atom. The van der Waals surface area contributed by atoms with E-state index in [4.69, 9.17) is 4.74 Å². The van der Waals surface area contributed by atoms with Crippen LogP contribution in [0.2, 0.25) is 0 Å². The van der Waals surface area contributed by atoms with Crippen LogP contribution in [0, 0.1) is 5.82 Å². The van der Waals surface area contributed by atoms with Crippen LogP contribution in [-0.4, -0.2) is 42.4 Å². The van der Waals surface area contributed by atoms with Crippen LogP contribution < -0.4 is 10.6 Å². The first-order chi connectivity index (χ1) is 9.97. The molecule has 1 aromatic rings. The molecule has 116 valence electrons. The van der Waals surface area contributed by atoms with E-state index in [1.54, 1.807) is 0 Å². The maximum Gasteiger partial charge on any atom is 0.225 e. The van der Waals surface area contributed by atoms with Crippen LogP contribution in [0.1, 0.15) is 19.8 Å². The lowest BCUT2D eigenvalue weighted by Crippen LogP contribution is -2.45. The smallest absolute Gasteiger partial charge is 0.225 e. The van der Waals surface area contributed by atoms with Crippen LogP contribution in [0.4, 0.5) is 10.1 Å². The summed E-state index contributed by atoms with van der Waals surface area (Å²) in [5.41, 5.74) is -0.266. The van der Waals surface area contributed by atoms with Gasteiger partial charge in [0.25, 0.3) is 0 Å². The zero-order chi connectivity index (χ0) is 15.3. The second kappa shape index (κ2) is 6.98. The number of rotatable bonds is 6. The number of amides is 1. The molecule has 0 radical (unpaired) electrons. The fraction of sp³-hybridized carbons (Fsp3) is 0.533. The lowest BCUT2D eigenvalue weighted by molar-refractivity contribution is -0.116. The highest BCUT2D eigenvalue weighted by Gasteiger charge is 2.32. The fourth-order valence-electron chi connectivity index (χ4n) is 2.20. The van der Waals surface area contributed by atoms with Crippen molar-refractivity contribution in [3.63, 3.8) is 0 Å². The first kappa shape index (κ1) is 15.9. The highest BCUT2D eigenvalue weighted by molar-refractivity contribution is 5.91. The van der Waals surface area contributed by atoms with Gasteiger partial charge in [-0.05, 0) is 31.2 Å². The largest absolute Gasteiger partial charge is 0.386 e. The molecule has 1 aliphatic heterocycles. The highest BCUT2D eigenvalue weighted by Crippen LogP contribution is 2.17. The third-order valence-corrected chi connectivity index (χ3v) is 3.48.